The number of aliphatic carboxylic acids is 1. The van der Waals surface area contributed by atoms with Crippen molar-refractivity contribution < 1.29 is 14.6 Å². The van der Waals surface area contributed by atoms with Crippen molar-refractivity contribution in [3.05, 3.63) is 0 Å². The second kappa shape index (κ2) is 6.71. The van der Waals surface area contributed by atoms with Gasteiger partial charge in [0.05, 0.1) is 6.10 Å². The summed E-state index contributed by atoms with van der Waals surface area (Å²) in [6.45, 7) is 2.95. The molecule has 2 rings (SSSR count). The molecule has 0 aromatic carbocycles. The summed E-state index contributed by atoms with van der Waals surface area (Å²) >= 11 is 0. The maximum atomic E-state index is 11.6. The maximum absolute atomic E-state index is 11.6. The van der Waals surface area contributed by atoms with Gasteiger partial charge in [0.15, 0.2) is 0 Å². The first-order valence-electron chi connectivity index (χ1n) is 7.79. The molecule has 0 aromatic rings. The van der Waals surface area contributed by atoms with Gasteiger partial charge in [0.2, 0.25) is 0 Å². The van der Waals surface area contributed by atoms with E-state index in [2.05, 4.69) is 12.2 Å². The zero-order chi connectivity index (χ0) is 13.7. The van der Waals surface area contributed by atoms with Gasteiger partial charge >= 0.3 is 5.97 Å². The minimum absolute atomic E-state index is 0.118. The number of ether oxygens (including phenoxy) is 1. The summed E-state index contributed by atoms with van der Waals surface area (Å²) in [5.74, 6) is -0.693. The van der Waals surface area contributed by atoms with Crippen molar-refractivity contribution in [1.29, 1.82) is 0 Å². The molecule has 4 nitrogen and oxygen atoms in total. The van der Waals surface area contributed by atoms with Crippen molar-refractivity contribution in [3.8, 4) is 0 Å². The van der Waals surface area contributed by atoms with Gasteiger partial charge in [-0.15, -0.1) is 0 Å². The van der Waals surface area contributed by atoms with Crippen molar-refractivity contribution in [2.45, 2.75) is 82.4 Å². The van der Waals surface area contributed by atoms with Crippen LogP contribution in [-0.4, -0.2) is 35.4 Å². The largest absolute Gasteiger partial charge is 0.480 e. The van der Waals surface area contributed by atoms with E-state index in [4.69, 9.17) is 4.74 Å². The number of rotatable bonds is 8. The third-order valence-corrected chi connectivity index (χ3v) is 4.27. The minimum Gasteiger partial charge on any atom is -0.480 e. The molecule has 0 radical (unpaired) electrons. The van der Waals surface area contributed by atoms with Crippen molar-refractivity contribution in [2.75, 3.05) is 6.61 Å². The van der Waals surface area contributed by atoms with Crippen molar-refractivity contribution in [2.24, 2.45) is 0 Å². The lowest BCUT2D eigenvalue weighted by atomic mass is 9.80. The second-order valence-corrected chi connectivity index (χ2v) is 6.10. The molecule has 2 aliphatic rings. The topological polar surface area (TPSA) is 58.6 Å². The van der Waals surface area contributed by atoms with E-state index < -0.39 is 11.5 Å². The van der Waals surface area contributed by atoms with Crippen LogP contribution in [0.15, 0.2) is 0 Å². The lowest BCUT2D eigenvalue weighted by Gasteiger charge is -2.38. The fraction of sp³-hybridized carbons (Fsp3) is 0.933. The average molecular weight is 269 g/mol. The van der Waals surface area contributed by atoms with Crippen LogP contribution in [-0.2, 0) is 9.53 Å². The van der Waals surface area contributed by atoms with E-state index in [1.807, 2.05) is 0 Å². The first-order chi connectivity index (χ1) is 9.16. The first kappa shape index (κ1) is 14.8. The Morgan fingerprint density at radius 1 is 1.37 bits per heavy atom. The Hall–Kier alpha value is -0.610. The minimum atomic E-state index is -0.727. The Kier molecular flexibility index (Phi) is 5.22. The number of nitrogens with one attached hydrogen (secondary N) is 1. The first-order valence-corrected chi connectivity index (χ1v) is 7.79. The summed E-state index contributed by atoms with van der Waals surface area (Å²) in [6, 6.07) is 0.426. The molecular weight excluding hydrogens is 242 g/mol. The van der Waals surface area contributed by atoms with Crippen molar-refractivity contribution >= 4 is 5.97 Å². The average Bonchev–Trinajstić information content (AvgIpc) is 3.19. The maximum Gasteiger partial charge on any atom is 0.324 e. The van der Waals surface area contributed by atoms with E-state index in [0.717, 1.165) is 45.1 Å². The Bertz CT molecular complexity index is 304. The molecule has 0 bridgehead atoms. The van der Waals surface area contributed by atoms with E-state index in [1.165, 1.54) is 12.8 Å². The molecule has 19 heavy (non-hydrogen) atoms. The standard InChI is InChI=1S/C15H27NO3/c1-2-3-4-10-19-13-6-5-9-15(11-13,14(17)18)16-12-7-8-12/h12-13,16H,2-11H2,1H3,(H,17,18). The second-order valence-electron chi connectivity index (χ2n) is 6.10. The molecule has 0 saturated heterocycles. The molecule has 0 aromatic heterocycles. The van der Waals surface area contributed by atoms with E-state index in [9.17, 15) is 9.90 Å². The van der Waals surface area contributed by atoms with Crippen molar-refractivity contribution in [1.82, 2.24) is 5.32 Å². The Morgan fingerprint density at radius 2 is 2.16 bits per heavy atom. The Balaban J connectivity index is 1.84. The quantitative estimate of drug-likeness (QED) is 0.665. The molecule has 2 N–H and O–H groups in total. The molecule has 2 unspecified atom stereocenters. The monoisotopic (exact) mass is 269 g/mol. The van der Waals surface area contributed by atoms with Gasteiger partial charge in [0.1, 0.15) is 5.54 Å². The lowest BCUT2D eigenvalue weighted by Crippen LogP contribution is -2.57. The van der Waals surface area contributed by atoms with E-state index >= 15 is 0 Å². The van der Waals surface area contributed by atoms with Crippen LogP contribution in [0.2, 0.25) is 0 Å². The SMILES string of the molecule is CCCCCOC1CCCC(NC2CC2)(C(=O)O)C1. The summed E-state index contributed by atoms with van der Waals surface area (Å²) in [5, 5.41) is 12.9. The molecule has 0 amide bonds. The van der Waals surface area contributed by atoms with Crippen LogP contribution in [0.5, 0.6) is 0 Å². The Labute approximate surface area is 115 Å². The molecule has 4 heteroatoms. The molecule has 2 aliphatic carbocycles. The van der Waals surface area contributed by atoms with Gasteiger partial charge in [0, 0.05) is 19.1 Å². The fourth-order valence-electron chi connectivity index (χ4n) is 2.97. The summed E-state index contributed by atoms with van der Waals surface area (Å²) in [5.41, 5.74) is -0.727. The third kappa shape index (κ3) is 4.18. The van der Waals surface area contributed by atoms with Crippen LogP contribution in [0.1, 0.15) is 64.7 Å². The predicted octanol–water partition coefficient (Wildman–Crippen LogP) is 2.71. The molecule has 110 valence electrons. The van der Waals surface area contributed by atoms with Crippen LogP contribution in [0, 0.1) is 0 Å². The van der Waals surface area contributed by atoms with Gasteiger partial charge in [-0.2, -0.15) is 0 Å². The molecular formula is C15H27NO3. The number of unbranched alkanes of at least 4 members (excludes halogenated alkanes) is 2. The molecule has 0 heterocycles. The van der Waals surface area contributed by atoms with Gasteiger partial charge in [-0.05, 0) is 38.5 Å². The highest BCUT2D eigenvalue weighted by Crippen LogP contribution is 2.34. The number of carbonyl (C=O) groups is 1. The normalized spacial score (nSPS) is 31.3. The van der Waals surface area contributed by atoms with Gasteiger partial charge in [0.25, 0.3) is 0 Å². The third-order valence-electron chi connectivity index (χ3n) is 4.27. The summed E-state index contributed by atoms with van der Waals surface area (Å²) in [6.07, 6.45) is 9.16. The lowest BCUT2D eigenvalue weighted by molar-refractivity contribution is -0.149. The van der Waals surface area contributed by atoms with Crippen molar-refractivity contribution in [3.63, 3.8) is 0 Å². The number of carboxylic acid groups (broad SMARTS) is 1. The number of hydrogen-bond acceptors (Lipinski definition) is 3. The highest BCUT2D eigenvalue weighted by Gasteiger charge is 2.46. The summed E-state index contributed by atoms with van der Waals surface area (Å²) < 4.78 is 5.89. The fourth-order valence-corrected chi connectivity index (χ4v) is 2.97. The van der Waals surface area contributed by atoms with Gasteiger partial charge in [-0.25, -0.2) is 0 Å². The molecule has 2 fully saturated rings. The summed E-state index contributed by atoms with van der Waals surface area (Å²) in [7, 11) is 0. The predicted molar refractivity (Wildman–Crippen MR) is 74.3 cm³/mol. The highest BCUT2D eigenvalue weighted by atomic mass is 16.5. The van der Waals surface area contributed by atoms with Crippen LogP contribution < -0.4 is 5.32 Å². The number of carboxylic acids is 1. The van der Waals surface area contributed by atoms with Crippen LogP contribution in [0.4, 0.5) is 0 Å². The highest BCUT2D eigenvalue weighted by molar-refractivity contribution is 5.79. The number of hydrogen-bond donors (Lipinski definition) is 2. The summed E-state index contributed by atoms with van der Waals surface area (Å²) in [4.78, 5) is 11.6. The molecule has 2 saturated carbocycles. The zero-order valence-electron chi connectivity index (χ0n) is 12.0. The van der Waals surface area contributed by atoms with E-state index in [0.29, 0.717) is 12.5 Å². The molecule has 0 aliphatic heterocycles. The van der Waals surface area contributed by atoms with Crippen LogP contribution in [0.3, 0.4) is 0 Å². The smallest absolute Gasteiger partial charge is 0.324 e. The van der Waals surface area contributed by atoms with Crippen LogP contribution in [0.25, 0.3) is 0 Å². The molecule has 0 spiro atoms. The van der Waals surface area contributed by atoms with Crippen LogP contribution >= 0.6 is 0 Å². The van der Waals surface area contributed by atoms with Gasteiger partial charge < -0.3 is 9.84 Å². The van der Waals surface area contributed by atoms with Gasteiger partial charge in [-0.3, -0.25) is 10.1 Å². The molecule has 2 atom stereocenters. The van der Waals surface area contributed by atoms with Gasteiger partial charge in [-0.1, -0.05) is 19.8 Å². The van der Waals surface area contributed by atoms with E-state index in [-0.39, 0.29) is 6.10 Å². The Morgan fingerprint density at radius 3 is 2.79 bits per heavy atom. The van der Waals surface area contributed by atoms with E-state index in [1.54, 1.807) is 0 Å². The zero-order valence-corrected chi connectivity index (χ0v) is 12.0.